The van der Waals surface area contributed by atoms with Gasteiger partial charge in [-0.25, -0.2) is 4.98 Å². The summed E-state index contributed by atoms with van der Waals surface area (Å²) in [6, 6.07) is 10.5. The van der Waals surface area contributed by atoms with Crippen LogP contribution in [0.1, 0.15) is 44.1 Å². The molecular formula is C36H45N5O10. The number of nitrogen functional groups attached to an aromatic ring is 1. The van der Waals surface area contributed by atoms with Gasteiger partial charge in [0.25, 0.3) is 0 Å². The molecule has 3 aromatic rings. The minimum Gasteiger partial charge on any atom is -0.493 e. The SMILES string of the molecule is COc1cc2nc(N3CCN(C(=O)Cc4ccc(OOOCOCOCOC(=O)C56CC7CC(CC(C7)C5)C6)cc4)CC3)nc(N)c2cc1OC. The number of carbonyl (C=O) groups is 2. The highest BCUT2D eigenvalue weighted by atomic mass is 17.5. The molecule has 0 atom stereocenters. The summed E-state index contributed by atoms with van der Waals surface area (Å²) in [5.74, 6) is 4.25. The average Bonchev–Trinajstić information content (AvgIpc) is 3.13. The Morgan fingerprint density at radius 1 is 0.843 bits per heavy atom. The first-order chi connectivity index (χ1) is 24.8. The number of rotatable bonds is 15. The normalized spacial score (nSPS) is 23.8. The fraction of sp³-hybridized carbons (Fsp3) is 0.556. The predicted molar refractivity (Wildman–Crippen MR) is 182 cm³/mol. The number of piperazine rings is 1. The Labute approximate surface area is 296 Å². The van der Waals surface area contributed by atoms with Gasteiger partial charge in [0.1, 0.15) is 5.82 Å². The Balaban J connectivity index is 0.767. The van der Waals surface area contributed by atoms with Gasteiger partial charge in [-0.2, -0.15) is 9.87 Å². The third-order valence-corrected chi connectivity index (χ3v) is 10.6. The van der Waals surface area contributed by atoms with Gasteiger partial charge in [0, 0.05) is 37.6 Å². The minimum absolute atomic E-state index is 0.0144. The Hall–Kier alpha value is -4.44. The van der Waals surface area contributed by atoms with Crippen LogP contribution in [-0.4, -0.2) is 87.5 Å². The second-order valence-electron chi connectivity index (χ2n) is 14.0. The van der Waals surface area contributed by atoms with Crippen LogP contribution in [0.25, 0.3) is 10.9 Å². The van der Waals surface area contributed by atoms with Crippen molar-refractivity contribution in [2.45, 2.75) is 44.9 Å². The molecule has 2 N–H and O–H groups in total. The molecular weight excluding hydrogens is 662 g/mol. The van der Waals surface area contributed by atoms with Crippen LogP contribution >= 0.6 is 0 Å². The van der Waals surface area contributed by atoms with Crippen molar-refractivity contribution in [2.75, 3.05) is 71.4 Å². The Morgan fingerprint density at radius 2 is 1.49 bits per heavy atom. The lowest BCUT2D eigenvalue weighted by Crippen LogP contribution is -2.50. The number of nitrogens with zero attached hydrogens (tertiary/aromatic N) is 4. The molecule has 1 aliphatic heterocycles. The number of fused-ring (bicyclic) bond motifs is 1. The van der Waals surface area contributed by atoms with E-state index >= 15 is 0 Å². The monoisotopic (exact) mass is 707 g/mol. The van der Waals surface area contributed by atoms with Crippen LogP contribution in [0.4, 0.5) is 11.8 Å². The van der Waals surface area contributed by atoms with E-state index in [1.165, 1.54) is 19.3 Å². The molecule has 15 heteroatoms. The zero-order valence-electron chi connectivity index (χ0n) is 29.0. The fourth-order valence-electron chi connectivity index (χ4n) is 8.57. The summed E-state index contributed by atoms with van der Waals surface area (Å²) in [4.78, 5) is 48.9. The summed E-state index contributed by atoms with van der Waals surface area (Å²) in [6.45, 7) is 1.64. The maximum atomic E-state index is 13.1. The summed E-state index contributed by atoms with van der Waals surface area (Å²) in [5.41, 5.74) is 7.44. The minimum atomic E-state index is -0.310. The van der Waals surface area contributed by atoms with Gasteiger partial charge >= 0.3 is 5.97 Å². The van der Waals surface area contributed by atoms with E-state index in [1.807, 2.05) is 9.80 Å². The molecule has 5 fully saturated rings. The number of esters is 1. The molecule has 5 aliphatic rings. The van der Waals surface area contributed by atoms with E-state index in [9.17, 15) is 9.59 Å². The number of carbonyl (C=O) groups excluding carboxylic acids is 2. The molecule has 0 spiro atoms. The van der Waals surface area contributed by atoms with Crippen LogP contribution in [-0.2, 0) is 40.1 Å². The number of methoxy groups -OCH3 is 2. The zero-order valence-corrected chi connectivity index (χ0v) is 29.0. The highest BCUT2D eigenvalue weighted by Crippen LogP contribution is 2.60. The van der Waals surface area contributed by atoms with E-state index in [0.29, 0.717) is 83.9 Å². The lowest BCUT2D eigenvalue weighted by molar-refractivity contribution is -0.487. The number of ether oxygens (including phenoxy) is 5. The van der Waals surface area contributed by atoms with Crippen LogP contribution in [0.15, 0.2) is 36.4 Å². The molecule has 0 radical (unpaired) electrons. The quantitative estimate of drug-likeness (QED) is 0.0791. The van der Waals surface area contributed by atoms with E-state index in [-0.39, 0.29) is 44.1 Å². The van der Waals surface area contributed by atoms with Crippen LogP contribution in [0.3, 0.4) is 0 Å². The molecule has 1 saturated heterocycles. The third kappa shape index (κ3) is 7.91. The number of anilines is 2. The summed E-state index contributed by atoms with van der Waals surface area (Å²) in [7, 11) is 3.13. The van der Waals surface area contributed by atoms with Crippen LogP contribution in [0, 0.1) is 23.2 Å². The molecule has 274 valence electrons. The number of hydrogen-bond acceptors (Lipinski definition) is 14. The van der Waals surface area contributed by atoms with Crippen molar-refractivity contribution >= 4 is 34.5 Å². The zero-order chi connectivity index (χ0) is 35.4. The van der Waals surface area contributed by atoms with Crippen molar-refractivity contribution in [3.8, 4) is 17.2 Å². The molecule has 4 aliphatic carbocycles. The van der Waals surface area contributed by atoms with Crippen molar-refractivity contribution in [3.05, 3.63) is 42.0 Å². The molecule has 4 saturated carbocycles. The van der Waals surface area contributed by atoms with Crippen molar-refractivity contribution in [1.29, 1.82) is 0 Å². The van der Waals surface area contributed by atoms with Crippen LogP contribution in [0.2, 0.25) is 0 Å². The number of hydrogen-bond donors (Lipinski definition) is 1. The molecule has 2 aromatic carbocycles. The van der Waals surface area contributed by atoms with Gasteiger partial charge < -0.3 is 44.1 Å². The van der Waals surface area contributed by atoms with Gasteiger partial charge in [-0.05, 0) is 85.1 Å². The standard InChI is InChI=1S/C36H45N5O10/c1-44-30-15-28-29(16-31(30)45-2)38-35(39-33(28)37)41-9-7-40(8-10-41)32(42)14-23-3-5-27(6-4-23)50-51-49-22-47-20-46-21-48-34(43)36-17-24-11-25(18-36)13-26(12-24)19-36/h3-6,15-16,24-26H,7-14,17-22H2,1-2H3,(H2,37,38,39). The molecule has 4 bridgehead atoms. The Kier molecular flexibility index (Phi) is 10.6. The summed E-state index contributed by atoms with van der Waals surface area (Å²) in [6.07, 6.45) is 6.90. The number of nitrogens with two attached hydrogens (primary N) is 1. The molecule has 8 rings (SSSR count). The molecule has 2 heterocycles. The molecule has 15 nitrogen and oxygen atoms in total. The van der Waals surface area contributed by atoms with Gasteiger partial charge in [0.2, 0.25) is 11.9 Å². The first-order valence-electron chi connectivity index (χ1n) is 17.4. The van der Waals surface area contributed by atoms with Gasteiger partial charge in [0.15, 0.2) is 37.6 Å². The lowest BCUT2D eigenvalue weighted by atomic mass is 9.49. The first-order valence-corrected chi connectivity index (χ1v) is 17.4. The van der Waals surface area contributed by atoms with Gasteiger partial charge in [0.05, 0.1) is 31.6 Å². The predicted octanol–water partition coefficient (Wildman–Crippen LogP) is 4.03. The highest BCUT2D eigenvalue weighted by molar-refractivity contribution is 5.91. The van der Waals surface area contributed by atoms with E-state index in [4.69, 9.17) is 49.2 Å². The Morgan fingerprint density at radius 3 is 2.16 bits per heavy atom. The van der Waals surface area contributed by atoms with Crippen molar-refractivity contribution in [2.24, 2.45) is 23.2 Å². The first kappa shape index (κ1) is 35.0. The maximum Gasteiger partial charge on any atom is 0.314 e. The largest absolute Gasteiger partial charge is 0.493 e. The third-order valence-electron chi connectivity index (χ3n) is 10.6. The summed E-state index contributed by atoms with van der Waals surface area (Å²) in [5, 5.41) is 5.42. The smallest absolute Gasteiger partial charge is 0.314 e. The van der Waals surface area contributed by atoms with E-state index in [0.717, 1.165) is 24.8 Å². The number of amides is 1. The van der Waals surface area contributed by atoms with Crippen LogP contribution < -0.4 is 25.0 Å². The topological polar surface area (TPSA) is 166 Å². The molecule has 1 aromatic heterocycles. The fourth-order valence-corrected chi connectivity index (χ4v) is 8.57. The Bertz CT molecular complexity index is 1660. The van der Waals surface area contributed by atoms with E-state index < -0.39 is 0 Å². The van der Waals surface area contributed by atoms with E-state index in [1.54, 1.807) is 50.6 Å². The second kappa shape index (κ2) is 15.4. The number of benzene rings is 2. The van der Waals surface area contributed by atoms with Gasteiger partial charge in [-0.3, -0.25) is 9.59 Å². The molecule has 1 amide bonds. The molecule has 51 heavy (non-hydrogen) atoms. The van der Waals surface area contributed by atoms with Gasteiger partial charge in [-0.1, -0.05) is 12.1 Å². The number of aromatic nitrogens is 2. The summed E-state index contributed by atoms with van der Waals surface area (Å²) >= 11 is 0. The summed E-state index contributed by atoms with van der Waals surface area (Å²) < 4.78 is 26.7. The van der Waals surface area contributed by atoms with Crippen molar-refractivity contribution < 1.29 is 48.1 Å². The maximum absolute atomic E-state index is 13.1. The molecule has 0 unspecified atom stereocenters. The van der Waals surface area contributed by atoms with Gasteiger partial charge in [-0.15, -0.1) is 0 Å². The van der Waals surface area contributed by atoms with Crippen LogP contribution in [0.5, 0.6) is 17.2 Å². The van der Waals surface area contributed by atoms with Crippen molar-refractivity contribution in [1.82, 2.24) is 14.9 Å². The highest BCUT2D eigenvalue weighted by Gasteiger charge is 2.55. The van der Waals surface area contributed by atoms with Crippen molar-refractivity contribution in [3.63, 3.8) is 0 Å². The average molecular weight is 708 g/mol. The second-order valence-corrected chi connectivity index (χ2v) is 14.0. The lowest BCUT2D eigenvalue weighted by Gasteiger charge is -2.55. The van der Waals surface area contributed by atoms with E-state index in [2.05, 4.69) is 4.98 Å².